The molecule has 2 rings (SSSR count). The Hall–Kier alpha value is -1.58. The van der Waals surface area contributed by atoms with E-state index in [1.807, 2.05) is 12.1 Å². The molecule has 0 aliphatic heterocycles. The molecule has 0 spiro atoms. The first kappa shape index (κ1) is 16.8. The topological polar surface area (TPSA) is 51.2 Å². The van der Waals surface area contributed by atoms with Crippen LogP contribution in [0.2, 0.25) is 0 Å². The second-order valence-electron chi connectivity index (χ2n) is 6.08. The van der Waals surface area contributed by atoms with E-state index in [2.05, 4.69) is 17.2 Å². The van der Waals surface area contributed by atoms with Gasteiger partial charge in [0, 0.05) is 24.2 Å². The third-order valence-electron chi connectivity index (χ3n) is 4.27. The molecule has 0 bridgehead atoms. The standard InChI is InChI=1S/C18H28N2O2/c1-2-3-13-22-18-16(11-8-12-19-18)14-20-17(21)15-9-6-4-5-7-10-15/h8,11-12,15H,2-7,9-10,13-14H2,1H3,(H,20,21). The SMILES string of the molecule is CCCCOc1ncccc1CNC(=O)C1CCCCCC1. The quantitative estimate of drug-likeness (QED) is 0.615. The van der Waals surface area contributed by atoms with Crippen molar-refractivity contribution in [3.05, 3.63) is 23.9 Å². The predicted octanol–water partition coefficient (Wildman–Crippen LogP) is 3.85. The van der Waals surface area contributed by atoms with Crippen molar-refractivity contribution in [1.82, 2.24) is 10.3 Å². The number of pyridine rings is 1. The Morgan fingerprint density at radius 1 is 1.32 bits per heavy atom. The van der Waals surface area contributed by atoms with Gasteiger partial charge < -0.3 is 10.1 Å². The van der Waals surface area contributed by atoms with Gasteiger partial charge in [-0.25, -0.2) is 4.98 Å². The summed E-state index contributed by atoms with van der Waals surface area (Å²) in [6.45, 7) is 3.32. The van der Waals surface area contributed by atoms with Crippen LogP contribution in [0.5, 0.6) is 5.88 Å². The zero-order valence-corrected chi connectivity index (χ0v) is 13.6. The number of nitrogens with zero attached hydrogens (tertiary/aromatic N) is 1. The fourth-order valence-electron chi connectivity index (χ4n) is 2.87. The molecule has 1 fully saturated rings. The number of rotatable bonds is 7. The van der Waals surface area contributed by atoms with Gasteiger partial charge in [-0.05, 0) is 25.3 Å². The summed E-state index contributed by atoms with van der Waals surface area (Å²) in [7, 11) is 0. The second-order valence-corrected chi connectivity index (χ2v) is 6.08. The molecule has 1 N–H and O–H groups in total. The van der Waals surface area contributed by atoms with E-state index in [4.69, 9.17) is 4.74 Å². The van der Waals surface area contributed by atoms with Gasteiger partial charge in [-0.3, -0.25) is 4.79 Å². The highest BCUT2D eigenvalue weighted by Crippen LogP contribution is 2.23. The summed E-state index contributed by atoms with van der Waals surface area (Å²) < 4.78 is 5.71. The van der Waals surface area contributed by atoms with Crippen LogP contribution in [-0.4, -0.2) is 17.5 Å². The van der Waals surface area contributed by atoms with Crippen molar-refractivity contribution in [3.63, 3.8) is 0 Å². The van der Waals surface area contributed by atoms with Crippen LogP contribution >= 0.6 is 0 Å². The molecule has 1 aliphatic rings. The molecule has 4 heteroatoms. The summed E-state index contributed by atoms with van der Waals surface area (Å²) in [5, 5.41) is 3.07. The first-order valence-electron chi connectivity index (χ1n) is 8.65. The van der Waals surface area contributed by atoms with Crippen LogP contribution < -0.4 is 10.1 Å². The van der Waals surface area contributed by atoms with Gasteiger partial charge in [-0.2, -0.15) is 0 Å². The summed E-state index contributed by atoms with van der Waals surface area (Å²) in [4.78, 5) is 16.6. The summed E-state index contributed by atoms with van der Waals surface area (Å²) in [5.74, 6) is 1.02. The molecule has 0 radical (unpaired) electrons. The van der Waals surface area contributed by atoms with E-state index in [0.717, 1.165) is 31.2 Å². The number of carbonyl (C=O) groups excluding carboxylic acids is 1. The summed E-state index contributed by atoms with van der Waals surface area (Å²) in [6, 6.07) is 3.86. The number of hydrogen-bond acceptors (Lipinski definition) is 3. The Balaban J connectivity index is 1.86. The minimum absolute atomic E-state index is 0.184. The van der Waals surface area contributed by atoms with Gasteiger partial charge in [-0.1, -0.05) is 45.1 Å². The van der Waals surface area contributed by atoms with Gasteiger partial charge in [0.2, 0.25) is 11.8 Å². The van der Waals surface area contributed by atoms with E-state index < -0.39 is 0 Å². The van der Waals surface area contributed by atoms with E-state index in [-0.39, 0.29) is 11.8 Å². The summed E-state index contributed by atoms with van der Waals surface area (Å²) >= 11 is 0. The molecule has 1 aromatic heterocycles. The van der Waals surface area contributed by atoms with Crippen LogP contribution in [0, 0.1) is 5.92 Å². The number of nitrogens with one attached hydrogen (secondary N) is 1. The maximum atomic E-state index is 12.3. The second kappa shape index (κ2) is 9.44. The minimum Gasteiger partial charge on any atom is -0.477 e. The molecule has 1 saturated carbocycles. The van der Waals surface area contributed by atoms with E-state index in [1.165, 1.54) is 25.7 Å². The highest BCUT2D eigenvalue weighted by atomic mass is 16.5. The zero-order chi connectivity index (χ0) is 15.6. The van der Waals surface area contributed by atoms with Crippen molar-refractivity contribution >= 4 is 5.91 Å². The van der Waals surface area contributed by atoms with Crippen molar-refractivity contribution in [3.8, 4) is 5.88 Å². The van der Waals surface area contributed by atoms with Gasteiger partial charge in [0.25, 0.3) is 0 Å². The average molecular weight is 304 g/mol. The van der Waals surface area contributed by atoms with E-state index in [9.17, 15) is 4.79 Å². The highest BCUT2D eigenvalue weighted by molar-refractivity contribution is 5.78. The number of aromatic nitrogens is 1. The van der Waals surface area contributed by atoms with Crippen molar-refractivity contribution in [1.29, 1.82) is 0 Å². The normalized spacial score (nSPS) is 16.0. The first-order chi connectivity index (χ1) is 10.8. The molecule has 4 nitrogen and oxygen atoms in total. The highest BCUT2D eigenvalue weighted by Gasteiger charge is 2.20. The minimum atomic E-state index is 0.184. The lowest BCUT2D eigenvalue weighted by Crippen LogP contribution is -2.30. The summed E-state index contributed by atoms with van der Waals surface area (Å²) in [6.07, 6.45) is 10.8. The first-order valence-corrected chi connectivity index (χ1v) is 8.65. The maximum Gasteiger partial charge on any atom is 0.223 e. The lowest BCUT2D eigenvalue weighted by Gasteiger charge is -2.15. The van der Waals surface area contributed by atoms with Crippen LogP contribution in [0.15, 0.2) is 18.3 Å². The smallest absolute Gasteiger partial charge is 0.223 e. The molecule has 1 aliphatic carbocycles. The molecule has 1 amide bonds. The van der Waals surface area contributed by atoms with Crippen LogP contribution in [0.1, 0.15) is 63.9 Å². The van der Waals surface area contributed by atoms with Crippen molar-refractivity contribution in [2.75, 3.05) is 6.61 Å². The number of hydrogen-bond donors (Lipinski definition) is 1. The zero-order valence-electron chi connectivity index (χ0n) is 13.6. The molecule has 0 saturated heterocycles. The third-order valence-corrected chi connectivity index (χ3v) is 4.27. The van der Waals surface area contributed by atoms with Gasteiger partial charge in [0.05, 0.1) is 6.61 Å². The Kier molecular flexibility index (Phi) is 7.20. The average Bonchev–Trinajstić information content (AvgIpc) is 2.83. The van der Waals surface area contributed by atoms with Crippen LogP contribution in [-0.2, 0) is 11.3 Å². The number of amides is 1. The Labute approximate surface area is 133 Å². The van der Waals surface area contributed by atoms with Crippen molar-refractivity contribution < 1.29 is 9.53 Å². The molecule has 1 heterocycles. The van der Waals surface area contributed by atoms with E-state index >= 15 is 0 Å². The van der Waals surface area contributed by atoms with Crippen molar-refractivity contribution in [2.24, 2.45) is 5.92 Å². The molecule has 122 valence electrons. The van der Waals surface area contributed by atoms with Gasteiger partial charge >= 0.3 is 0 Å². The largest absolute Gasteiger partial charge is 0.477 e. The number of unbranched alkanes of at least 4 members (excludes halogenated alkanes) is 1. The molecule has 0 unspecified atom stereocenters. The van der Waals surface area contributed by atoms with Gasteiger partial charge in [0.1, 0.15) is 0 Å². The maximum absolute atomic E-state index is 12.3. The van der Waals surface area contributed by atoms with Crippen LogP contribution in [0.4, 0.5) is 0 Å². The Bertz CT molecular complexity index is 454. The molecule has 22 heavy (non-hydrogen) atoms. The Morgan fingerprint density at radius 2 is 2.09 bits per heavy atom. The number of carbonyl (C=O) groups is 1. The van der Waals surface area contributed by atoms with Crippen LogP contribution in [0.25, 0.3) is 0 Å². The fraction of sp³-hybridized carbons (Fsp3) is 0.667. The summed E-state index contributed by atoms with van der Waals surface area (Å²) in [5.41, 5.74) is 0.959. The van der Waals surface area contributed by atoms with Gasteiger partial charge in [-0.15, -0.1) is 0 Å². The third kappa shape index (κ3) is 5.32. The lowest BCUT2D eigenvalue weighted by atomic mass is 9.99. The number of ether oxygens (including phenoxy) is 1. The van der Waals surface area contributed by atoms with Crippen molar-refractivity contribution in [2.45, 2.75) is 64.8 Å². The molecule has 1 aromatic rings. The molecule has 0 atom stereocenters. The van der Waals surface area contributed by atoms with E-state index in [0.29, 0.717) is 19.0 Å². The molecular formula is C18H28N2O2. The predicted molar refractivity (Wildman–Crippen MR) is 87.7 cm³/mol. The molecular weight excluding hydrogens is 276 g/mol. The lowest BCUT2D eigenvalue weighted by molar-refractivity contribution is -0.125. The fourth-order valence-corrected chi connectivity index (χ4v) is 2.87. The van der Waals surface area contributed by atoms with Gasteiger partial charge in [0.15, 0.2) is 0 Å². The Morgan fingerprint density at radius 3 is 2.82 bits per heavy atom. The monoisotopic (exact) mass is 304 g/mol. The molecule has 0 aromatic carbocycles. The van der Waals surface area contributed by atoms with E-state index in [1.54, 1.807) is 6.20 Å². The van der Waals surface area contributed by atoms with Crippen LogP contribution in [0.3, 0.4) is 0 Å².